The summed E-state index contributed by atoms with van der Waals surface area (Å²) in [5, 5.41) is 2.38. The second-order valence-electron chi connectivity index (χ2n) is 4.92. The van der Waals surface area contributed by atoms with E-state index in [1.165, 1.54) is 46.1 Å². The molecule has 9 nitrogen and oxygen atoms in total. The van der Waals surface area contributed by atoms with Crippen molar-refractivity contribution >= 4 is 39.1 Å². The van der Waals surface area contributed by atoms with E-state index in [1.807, 2.05) is 0 Å². The van der Waals surface area contributed by atoms with Crippen LogP contribution < -0.4 is 10.1 Å². The van der Waals surface area contributed by atoms with Crippen LogP contribution in [-0.2, 0) is 19.8 Å². The molecule has 0 fully saturated rings. The molecule has 0 aliphatic rings. The topological polar surface area (TPSA) is 111 Å². The first-order valence-electron chi connectivity index (χ1n) is 6.54. The van der Waals surface area contributed by atoms with Gasteiger partial charge in [-0.3, -0.25) is 14.9 Å². The molecule has 124 valence electrons. The highest BCUT2D eigenvalue weighted by Gasteiger charge is 2.25. The summed E-state index contributed by atoms with van der Waals surface area (Å²) in [6.07, 6.45) is 0. The van der Waals surface area contributed by atoms with Crippen LogP contribution >= 0.6 is 0 Å². The molecule has 0 radical (unpaired) electrons. The Hall–Kier alpha value is -2.46. The number of anilines is 1. The first-order chi connectivity index (χ1) is 10.6. The Morgan fingerprint density at radius 2 is 1.91 bits per heavy atom. The number of carbonyl (C=O) groups excluding carboxylic acids is 2. The largest absolute Gasteiger partial charge is 0.427 e. The fourth-order valence-corrected chi connectivity index (χ4v) is 2.92. The number of fused-ring (bicyclic) bond motifs is 1. The molecule has 1 amide bonds. The molecule has 23 heavy (non-hydrogen) atoms. The van der Waals surface area contributed by atoms with Crippen molar-refractivity contribution in [1.29, 1.82) is 0 Å². The van der Waals surface area contributed by atoms with Crippen molar-refractivity contribution in [2.45, 2.75) is 13.8 Å². The fourth-order valence-electron chi connectivity index (χ4n) is 1.90. The molecule has 1 aromatic carbocycles. The third-order valence-electron chi connectivity index (χ3n) is 2.83. The van der Waals surface area contributed by atoms with Crippen LogP contribution in [0.1, 0.15) is 13.8 Å². The predicted octanol–water partition coefficient (Wildman–Crippen LogP) is 0.574. The summed E-state index contributed by atoms with van der Waals surface area (Å²) >= 11 is 0. The quantitative estimate of drug-likeness (QED) is 0.644. The molecule has 1 aromatic heterocycles. The van der Waals surface area contributed by atoms with Crippen LogP contribution in [0.5, 0.6) is 5.75 Å². The number of amides is 1. The van der Waals surface area contributed by atoms with Gasteiger partial charge in [-0.15, -0.1) is 0 Å². The lowest BCUT2D eigenvalue weighted by Gasteiger charge is -2.15. The summed E-state index contributed by atoms with van der Waals surface area (Å²) in [5.74, 6) is -0.959. The van der Waals surface area contributed by atoms with Gasteiger partial charge in [-0.05, 0) is 12.1 Å². The van der Waals surface area contributed by atoms with Crippen molar-refractivity contribution in [2.75, 3.05) is 19.4 Å². The van der Waals surface area contributed by atoms with Crippen LogP contribution in [0.15, 0.2) is 18.2 Å². The number of hydrogen-bond acceptors (Lipinski definition) is 6. The van der Waals surface area contributed by atoms with Gasteiger partial charge in [-0.25, -0.2) is 4.98 Å². The Labute approximate surface area is 133 Å². The highest BCUT2D eigenvalue weighted by Crippen LogP contribution is 2.27. The summed E-state index contributed by atoms with van der Waals surface area (Å²) in [5.41, 5.74) is 0.510. The van der Waals surface area contributed by atoms with Crippen molar-refractivity contribution in [3.63, 3.8) is 0 Å². The average molecular weight is 340 g/mol. The third-order valence-corrected chi connectivity index (χ3v) is 4.58. The maximum absolute atomic E-state index is 12.5. The van der Waals surface area contributed by atoms with Gasteiger partial charge in [-0.1, -0.05) is 0 Å². The lowest BCUT2D eigenvalue weighted by Crippen LogP contribution is -2.30. The van der Waals surface area contributed by atoms with Gasteiger partial charge in [0.2, 0.25) is 11.9 Å². The fraction of sp³-hybridized carbons (Fsp3) is 0.308. The third kappa shape index (κ3) is 3.32. The van der Waals surface area contributed by atoms with E-state index in [1.54, 1.807) is 0 Å². The van der Waals surface area contributed by atoms with E-state index in [2.05, 4.69) is 10.3 Å². The first-order valence-corrected chi connectivity index (χ1v) is 7.94. The van der Waals surface area contributed by atoms with E-state index >= 15 is 0 Å². The molecule has 2 rings (SSSR count). The van der Waals surface area contributed by atoms with Crippen LogP contribution in [0.25, 0.3) is 11.0 Å². The second kappa shape index (κ2) is 5.97. The lowest BCUT2D eigenvalue weighted by molar-refractivity contribution is -0.131. The SMILES string of the molecule is CC(=O)Nc1nc2ccc(OC(C)=O)cc2n1S(=O)(=O)N(C)C. The zero-order valence-electron chi connectivity index (χ0n) is 13.0. The average Bonchev–Trinajstić information content (AvgIpc) is 2.74. The summed E-state index contributed by atoms with van der Waals surface area (Å²) in [6.45, 7) is 2.48. The number of aromatic nitrogens is 2. The second-order valence-corrected chi connectivity index (χ2v) is 6.91. The van der Waals surface area contributed by atoms with Crippen LogP contribution in [0.2, 0.25) is 0 Å². The Morgan fingerprint density at radius 3 is 2.43 bits per heavy atom. The van der Waals surface area contributed by atoms with Crippen molar-refractivity contribution in [2.24, 2.45) is 0 Å². The van der Waals surface area contributed by atoms with Gasteiger partial charge in [0.1, 0.15) is 5.75 Å². The molecular weight excluding hydrogens is 324 g/mol. The summed E-state index contributed by atoms with van der Waals surface area (Å²) in [4.78, 5) is 26.5. The van der Waals surface area contributed by atoms with Crippen LogP contribution in [0, 0.1) is 0 Å². The molecule has 0 unspecified atom stereocenters. The minimum atomic E-state index is -3.95. The van der Waals surface area contributed by atoms with Crippen molar-refractivity contribution in [3.8, 4) is 5.75 Å². The van der Waals surface area contributed by atoms with Crippen molar-refractivity contribution in [3.05, 3.63) is 18.2 Å². The van der Waals surface area contributed by atoms with E-state index in [9.17, 15) is 18.0 Å². The van der Waals surface area contributed by atoms with E-state index in [0.29, 0.717) is 5.52 Å². The van der Waals surface area contributed by atoms with Gasteiger partial charge >= 0.3 is 16.2 Å². The number of rotatable bonds is 4. The monoisotopic (exact) mass is 340 g/mol. The molecule has 1 heterocycles. The van der Waals surface area contributed by atoms with Gasteiger partial charge in [0.05, 0.1) is 11.0 Å². The molecule has 10 heteroatoms. The Kier molecular flexibility index (Phi) is 4.39. The molecule has 0 spiro atoms. The Morgan fingerprint density at radius 1 is 1.26 bits per heavy atom. The highest BCUT2D eigenvalue weighted by atomic mass is 32.2. The number of nitrogens with one attached hydrogen (secondary N) is 1. The molecule has 0 saturated heterocycles. The van der Waals surface area contributed by atoms with Crippen molar-refractivity contribution < 1.29 is 22.7 Å². The molecule has 0 saturated carbocycles. The number of nitrogens with zero attached hydrogens (tertiary/aromatic N) is 3. The first kappa shape index (κ1) is 16.9. The van der Waals surface area contributed by atoms with E-state index in [4.69, 9.17) is 4.74 Å². The molecule has 2 aromatic rings. The minimum Gasteiger partial charge on any atom is -0.427 e. The number of imidazole rings is 1. The zero-order chi connectivity index (χ0) is 17.4. The number of esters is 1. The van der Waals surface area contributed by atoms with E-state index in [0.717, 1.165) is 8.28 Å². The van der Waals surface area contributed by atoms with Crippen LogP contribution in [-0.4, -0.2) is 47.7 Å². The lowest BCUT2D eigenvalue weighted by atomic mass is 10.3. The minimum absolute atomic E-state index is 0.138. The number of hydrogen-bond donors (Lipinski definition) is 1. The van der Waals surface area contributed by atoms with E-state index < -0.39 is 22.1 Å². The zero-order valence-corrected chi connectivity index (χ0v) is 13.8. The number of carbonyl (C=O) groups is 2. The predicted molar refractivity (Wildman–Crippen MR) is 83.4 cm³/mol. The highest BCUT2D eigenvalue weighted by molar-refractivity contribution is 7.87. The maximum Gasteiger partial charge on any atom is 0.310 e. The molecule has 0 aliphatic carbocycles. The molecule has 0 aliphatic heterocycles. The summed E-state index contributed by atoms with van der Waals surface area (Å²) in [6, 6.07) is 4.36. The maximum atomic E-state index is 12.5. The van der Waals surface area contributed by atoms with E-state index in [-0.39, 0.29) is 17.2 Å². The molecule has 0 atom stereocenters. The number of benzene rings is 1. The molecule has 0 bridgehead atoms. The van der Waals surface area contributed by atoms with Crippen LogP contribution in [0.4, 0.5) is 5.95 Å². The number of ether oxygens (including phenoxy) is 1. The van der Waals surface area contributed by atoms with Gasteiger partial charge in [0.25, 0.3) is 0 Å². The van der Waals surface area contributed by atoms with Gasteiger partial charge in [-0.2, -0.15) is 16.7 Å². The molecule has 1 N–H and O–H groups in total. The van der Waals surface area contributed by atoms with Gasteiger partial charge < -0.3 is 4.74 Å². The standard InChI is InChI=1S/C13H16N4O5S/c1-8(18)14-13-15-11-6-5-10(22-9(2)19)7-12(11)17(13)23(20,21)16(3)4/h5-7H,1-4H3,(H,14,15,18). The molecular formula is C13H16N4O5S. The Balaban J connectivity index is 2.76. The van der Waals surface area contributed by atoms with Gasteiger partial charge in [0.15, 0.2) is 0 Å². The Bertz CT molecular complexity index is 885. The summed E-state index contributed by atoms with van der Waals surface area (Å²) < 4.78 is 31.9. The van der Waals surface area contributed by atoms with Crippen LogP contribution in [0.3, 0.4) is 0 Å². The van der Waals surface area contributed by atoms with Crippen molar-refractivity contribution in [1.82, 2.24) is 13.3 Å². The van der Waals surface area contributed by atoms with Gasteiger partial charge in [0, 0.05) is 34.0 Å². The normalized spacial score (nSPS) is 11.7. The summed E-state index contributed by atoms with van der Waals surface area (Å²) in [7, 11) is -1.24. The smallest absolute Gasteiger partial charge is 0.310 e.